The molecule has 0 atom stereocenters. The zero-order chi connectivity index (χ0) is 18.0. The molecule has 1 aromatic heterocycles. The third-order valence-electron chi connectivity index (χ3n) is 3.73. The highest BCUT2D eigenvalue weighted by Crippen LogP contribution is 2.30. The minimum absolute atomic E-state index is 0.0299. The number of rotatable bonds is 5. The summed E-state index contributed by atoms with van der Waals surface area (Å²) in [5.74, 6) is -0.0299. The molecule has 5 heteroatoms. The summed E-state index contributed by atoms with van der Waals surface area (Å²) >= 11 is 3.36. The van der Waals surface area contributed by atoms with Crippen molar-refractivity contribution >= 4 is 44.4 Å². The quantitative estimate of drug-likeness (QED) is 0.595. The molecule has 130 valence electrons. The van der Waals surface area contributed by atoms with Gasteiger partial charge in [0.2, 0.25) is 5.91 Å². The molecule has 0 aliphatic carbocycles. The first-order chi connectivity index (χ1) is 11.9. The van der Waals surface area contributed by atoms with Crippen LogP contribution in [-0.2, 0) is 11.2 Å². The van der Waals surface area contributed by atoms with Crippen LogP contribution in [0.25, 0.3) is 10.2 Å². The van der Waals surface area contributed by atoms with Gasteiger partial charge in [0.15, 0.2) is 5.13 Å². The van der Waals surface area contributed by atoms with Gasteiger partial charge < -0.3 is 5.32 Å². The summed E-state index contributed by atoms with van der Waals surface area (Å²) in [6.07, 6.45) is 0.362. The number of aryl methyl sites for hydroxylation is 2. The maximum atomic E-state index is 12.3. The standard InChI is InChI=1S/C20H22N2OS2/c1-12(2)24-16-7-5-15(6-8-16)11-18(23)22-20-21-17-10-13(3)9-14(4)19(17)25-20/h5-10,12H,11H2,1-4H3,(H,21,22,23). The molecular weight excluding hydrogens is 348 g/mol. The van der Waals surface area contributed by atoms with Crippen LogP contribution in [0, 0.1) is 13.8 Å². The fourth-order valence-corrected chi connectivity index (χ4v) is 4.51. The molecule has 3 rings (SSSR count). The molecule has 2 aromatic carbocycles. The lowest BCUT2D eigenvalue weighted by molar-refractivity contribution is -0.115. The van der Waals surface area contributed by atoms with Crippen LogP contribution in [0.5, 0.6) is 0 Å². The molecular formula is C20H22N2OS2. The summed E-state index contributed by atoms with van der Waals surface area (Å²) in [5.41, 5.74) is 4.35. The normalized spacial score (nSPS) is 11.2. The first-order valence-electron chi connectivity index (χ1n) is 8.34. The van der Waals surface area contributed by atoms with Crippen molar-refractivity contribution < 1.29 is 4.79 Å². The molecule has 0 bridgehead atoms. The predicted molar refractivity (Wildman–Crippen MR) is 109 cm³/mol. The van der Waals surface area contributed by atoms with Crippen LogP contribution in [0.3, 0.4) is 0 Å². The Morgan fingerprint density at radius 1 is 1.20 bits per heavy atom. The van der Waals surface area contributed by atoms with E-state index < -0.39 is 0 Å². The Bertz CT molecular complexity index is 898. The molecule has 0 aliphatic heterocycles. The Kier molecular flexibility index (Phi) is 5.45. The van der Waals surface area contributed by atoms with Crippen molar-refractivity contribution in [2.24, 2.45) is 0 Å². The highest BCUT2D eigenvalue weighted by Gasteiger charge is 2.11. The van der Waals surface area contributed by atoms with Gasteiger partial charge in [-0.05, 0) is 48.7 Å². The molecule has 0 fully saturated rings. The van der Waals surface area contributed by atoms with Gasteiger partial charge in [-0.2, -0.15) is 0 Å². The number of thioether (sulfide) groups is 1. The second-order valence-electron chi connectivity index (χ2n) is 6.48. The van der Waals surface area contributed by atoms with Gasteiger partial charge in [0.05, 0.1) is 16.6 Å². The second kappa shape index (κ2) is 7.58. The van der Waals surface area contributed by atoms with Gasteiger partial charge in [-0.3, -0.25) is 4.79 Å². The number of benzene rings is 2. The van der Waals surface area contributed by atoms with Crippen molar-refractivity contribution in [3.05, 3.63) is 53.1 Å². The summed E-state index contributed by atoms with van der Waals surface area (Å²) in [6.45, 7) is 8.49. The molecule has 3 nitrogen and oxygen atoms in total. The number of anilines is 1. The maximum absolute atomic E-state index is 12.3. The molecule has 1 heterocycles. The van der Waals surface area contributed by atoms with E-state index in [4.69, 9.17) is 0 Å². The molecule has 1 amide bonds. The van der Waals surface area contributed by atoms with Crippen LogP contribution in [0.2, 0.25) is 0 Å². The van der Waals surface area contributed by atoms with Crippen molar-refractivity contribution in [1.82, 2.24) is 4.98 Å². The number of thiazole rings is 1. The molecule has 3 aromatic rings. The number of carbonyl (C=O) groups is 1. The minimum Gasteiger partial charge on any atom is -0.302 e. The van der Waals surface area contributed by atoms with E-state index in [1.54, 1.807) is 0 Å². The Balaban J connectivity index is 1.67. The predicted octanol–water partition coefficient (Wildman–Crippen LogP) is 5.59. The van der Waals surface area contributed by atoms with E-state index in [1.165, 1.54) is 27.4 Å². The number of carbonyl (C=O) groups excluding carboxylic acids is 1. The lowest BCUT2D eigenvalue weighted by atomic mass is 10.1. The van der Waals surface area contributed by atoms with Crippen LogP contribution < -0.4 is 5.32 Å². The number of amides is 1. The Labute approximate surface area is 156 Å². The number of nitrogens with one attached hydrogen (secondary N) is 1. The van der Waals surface area contributed by atoms with Gasteiger partial charge in [0.25, 0.3) is 0 Å². The van der Waals surface area contributed by atoms with E-state index in [0.29, 0.717) is 16.8 Å². The van der Waals surface area contributed by atoms with Gasteiger partial charge in [-0.25, -0.2) is 4.98 Å². The Morgan fingerprint density at radius 3 is 2.60 bits per heavy atom. The molecule has 0 saturated carbocycles. The lowest BCUT2D eigenvalue weighted by Crippen LogP contribution is -2.14. The van der Waals surface area contributed by atoms with Crippen molar-refractivity contribution in [3.8, 4) is 0 Å². The maximum Gasteiger partial charge on any atom is 0.230 e. The highest BCUT2D eigenvalue weighted by atomic mass is 32.2. The van der Waals surface area contributed by atoms with E-state index in [1.807, 2.05) is 23.9 Å². The van der Waals surface area contributed by atoms with Crippen molar-refractivity contribution in [2.45, 2.75) is 44.3 Å². The zero-order valence-electron chi connectivity index (χ0n) is 14.9. The van der Waals surface area contributed by atoms with Crippen molar-refractivity contribution in [2.75, 3.05) is 5.32 Å². The molecule has 25 heavy (non-hydrogen) atoms. The molecule has 0 unspecified atom stereocenters. The highest BCUT2D eigenvalue weighted by molar-refractivity contribution is 7.99. The average Bonchev–Trinajstić information content (AvgIpc) is 2.91. The van der Waals surface area contributed by atoms with Crippen LogP contribution in [0.1, 0.15) is 30.5 Å². The van der Waals surface area contributed by atoms with Gasteiger partial charge in [0.1, 0.15) is 0 Å². The Hall–Kier alpha value is -1.85. The molecule has 1 N–H and O–H groups in total. The third-order valence-corrected chi connectivity index (χ3v) is 5.86. The van der Waals surface area contributed by atoms with E-state index in [2.05, 4.69) is 62.3 Å². The number of fused-ring (bicyclic) bond motifs is 1. The Morgan fingerprint density at radius 2 is 1.92 bits per heavy atom. The number of hydrogen-bond acceptors (Lipinski definition) is 4. The fraction of sp³-hybridized carbons (Fsp3) is 0.300. The lowest BCUT2D eigenvalue weighted by Gasteiger charge is -2.06. The molecule has 0 spiro atoms. The SMILES string of the molecule is Cc1cc(C)c2sc(NC(=O)Cc3ccc(SC(C)C)cc3)nc2c1. The topological polar surface area (TPSA) is 42.0 Å². The van der Waals surface area contributed by atoms with Crippen molar-refractivity contribution in [1.29, 1.82) is 0 Å². The van der Waals surface area contributed by atoms with E-state index in [-0.39, 0.29) is 5.91 Å². The third kappa shape index (κ3) is 4.61. The first-order valence-corrected chi connectivity index (χ1v) is 10.0. The van der Waals surface area contributed by atoms with Gasteiger partial charge in [-0.15, -0.1) is 11.8 Å². The van der Waals surface area contributed by atoms with Crippen LogP contribution in [-0.4, -0.2) is 16.1 Å². The van der Waals surface area contributed by atoms with Gasteiger partial charge >= 0.3 is 0 Å². The largest absolute Gasteiger partial charge is 0.302 e. The monoisotopic (exact) mass is 370 g/mol. The van der Waals surface area contributed by atoms with Crippen molar-refractivity contribution in [3.63, 3.8) is 0 Å². The first kappa shape index (κ1) is 18.0. The van der Waals surface area contributed by atoms with E-state index >= 15 is 0 Å². The molecule has 0 saturated heterocycles. The summed E-state index contributed by atoms with van der Waals surface area (Å²) in [5, 5.41) is 4.16. The molecule has 0 radical (unpaired) electrons. The second-order valence-corrected chi connectivity index (χ2v) is 9.13. The molecule has 0 aliphatic rings. The smallest absolute Gasteiger partial charge is 0.230 e. The van der Waals surface area contributed by atoms with Gasteiger partial charge in [-0.1, -0.05) is 43.4 Å². The van der Waals surface area contributed by atoms with E-state index in [9.17, 15) is 4.79 Å². The van der Waals surface area contributed by atoms with Gasteiger partial charge in [0, 0.05) is 10.1 Å². The summed E-state index contributed by atoms with van der Waals surface area (Å²) < 4.78 is 1.14. The zero-order valence-corrected chi connectivity index (χ0v) is 16.6. The minimum atomic E-state index is -0.0299. The summed E-state index contributed by atoms with van der Waals surface area (Å²) in [6, 6.07) is 12.4. The van der Waals surface area contributed by atoms with Crippen LogP contribution >= 0.6 is 23.1 Å². The van der Waals surface area contributed by atoms with Crippen LogP contribution in [0.15, 0.2) is 41.3 Å². The number of aromatic nitrogens is 1. The van der Waals surface area contributed by atoms with Crippen LogP contribution in [0.4, 0.5) is 5.13 Å². The number of hydrogen-bond donors (Lipinski definition) is 1. The summed E-state index contributed by atoms with van der Waals surface area (Å²) in [4.78, 5) is 18.1. The summed E-state index contributed by atoms with van der Waals surface area (Å²) in [7, 11) is 0. The average molecular weight is 371 g/mol. The fourth-order valence-electron chi connectivity index (χ4n) is 2.74. The van der Waals surface area contributed by atoms with E-state index in [0.717, 1.165) is 15.8 Å². The number of nitrogens with zero attached hydrogens (tertiary/aromatic N) is 1.